The number of carbonyl (C=O) groups excluding carboxylic acids is 1. The summed E-state index contributed by atoms with van der Waals surface area (Å²) in [4.78, 5) is 14.6. The highest BCUT2D eigenvalue weighted by Crippen LogP contribution is 2.20. The van der Waals surface area contributed by atoms with Crippen LogP contribution in [0.2, 0.25) is 0 Å². The second kappa shape index (κ2) is 7.93. The van der Waals surface area contributed by atoms with E-state index in [-0.39, 0.29) is 18.6 Å². The smallest absolute Gasteiger partial charge is 0.254 e. The summed E-state index contributed by atoms with van der Waals surface area (Å²) in [5.74, 6) is 0.0139. The number of likely N-dealkylation sites (tertiary alicyclic amines) is 1. The summed E-state index contributed by atoms with van der Waals surface area (Å²) in [6.07, 6.45) is 5.57. The molecule has 1 atom stereocenters. The number of aliphatic hydroxyl groups excluding tert-OH is 1. The molecule has 0 bridgehead atoms. The molecule has 1 saturated heterocycles. The zero-order chi connectivity index (χ0) is 16.9. The Bertz CT molecular complexity index is 504. The number of hydrogen-bond acceptors (Lipinski definition) is 3. The summed E-state index contributed by atoms with van der Waals surface area (Å²) in [5, 5.41) is 19.3. The van der Waals surface area contributed by atoms with Gasteiger partial charge in [-0.3, -0.25) is 4.79 Å². The fourth-order valence-electron chi connectivity index (χ4n) is 3.06. The van der Waals surface area contributed by atoms with Crippen molar-refractivity contribution >= 4 is 5.91 Å². The Hall–Kier alpha value is -1.39. The predicted molar refractivity (Wildman–Crippen MR) is 91.4 cm³/mol. The second-order valence-corrected chi connectivity index (χ2v) is 7.19. The van der Waals surface area contributed by atoms with Crippen LogP contribution in [0.1, 0.15) is 61.9 Å². The van der Waals surface area contributed by atoms with E-state index in [1.165, 1.54) is 0 Å². The quantitative estimate of drug-likeness (QED) is 0.877. The fourth-order valence-corrected chi connectivity index (χ4v) is 3.06. The van der Waals surface area contributed by atoms with Gasteiger partial charge in [-0.05, 0) is 57.2 Å². The van der Waals surface area contributed by atoms with E-state index in [0.717, 1.165) is 44.2 Å². The molecule has 0 saturated carbocycles. The third-order valence-corrected chi connectivity index (χ3v) is 4.58. The Morgan fingerprint density at radius 2 is 1.91 bits per heavy atom. The van der Waals surface area contributed by atoms with E-state index >= 15 is 0 Å². The van der Waals surface area contributed by atoms with E-state index in [9.17, 15) is 15.0 Å². The van der Waals surface area contributed by atoms with Gasteiger partial charge in [0, 0.05) is 12.1 Å². The van der Waals surface area contributed by atoms with Gasteiger partial charge in [-0.1, -0.05) is 25.0 Å². The molecule has 4 nitrogen and oxygen atoms in total. The lowest BCUT2D eigenvalue weighted by atomic mass is 9.98. The maximum atomic E-state index is 12.7. The molecule has 2 N–H and O–H groups in total. The van der Waals surface area contributed by atoms with Crippen molar-refractivity contribution in [3.63, 3.8) is 0 Å². The fraction of sp³-hybridized carbons (Fsp3) is 0.632. The third kappa shape index (κ3) is 5.33. The molecule has 1 heterocycles. The molecule has 23 heavy (non-hydrogen) atoms. The molecule has 0 unspecified atom stereocenters. The lowest BCUT2D eigenvalue weighted by molar-refractivity contribution is 0.0599. The Morgan fingerprint density at radius 1 is 1.22 bits per heavy atom. The van der Waals surface area contributed by atoms with Crippen molar-refractivity contribution in [2.45, 2.75) is 64.0 Å². The molecule has 0 aromatic heterocycles. The van der Waals surface area contributed by atoms with Gasteiger partial charge < -0.3 is 15.1 Å². The van der Waals surface area contributed by atoms with E-state index in [1.807, 2.05) is 29.2 Å². The van der Waals surface area contributed by atoms with Crippen LogP contribution in [0.4, 0.5) is 0 Å². The van der Waals surface area contributed by atoms with E-state index in [2.05, 4.69) is 0 Å². The van der Waals surface area contributed by atoms with Crippen LogP contribution in [0.15, 0.2) is 24.3 Å². The van der Waals surface area contributed by atoms with Crippen molar-refractivity contribution < 1.29 is 15.0 Å². The maximum absolute atomic E-state index is 12.7. The van der Waals surface area contributed by atoms with Crippen LogP contribution in [-0.4, -0.2) is 45.8 Å². The molecule has 1 amide bonds. The normalized spacial score (nSPS) is 19.5. The first-order valence-corrected chi connectivity index (χ1v) is 8.64. The first kappa shape index (κ1) is 18.0. The SMILES string of the molecule is CC(C)(O)CCc1ccc(C(=O)N2CCCCC[C@H]2CO)cc1. The van der Waals surface area contributed by atoms with Crippen molar-refractivity contribution in [3.05, 3.63) is 35.4 Å². The molecular formula is C19H29NO3. The molecule has 1 aromatic carbocycles. The first-order chi connectivity index (χ1) is 10.9. The third-order valence-electron chi connectivity index (χ3n) is 4.58. The minimum absolute atomic E-state index is 0.0139. The van der Waals surface area contributed by atoms with Crippen molar-refractivity contribution in [2.75, 3.05) is 13.2 Å². The summed E-state index contributed by atoms with van der Waals surface area (Å²) in [6.45, 7) is 4.37. The number of benzene rings is 1. The Balaban J connectivity index is 2.04. The molecule has 1 fully saturated rings. The Labute approximate surface area is 139 Å². The van der Waals surface area contributed by atoms with E-state index < -0.39 is 5.60 Å². The standard InChI is InChI=1S/C19H29NO3/c1-19(2,23)12-11-15-7-9-16(10-8-15)18(22)20-13-5-3-4-6-17(20)14-21/h7-10,17,21,23H,3-6,11-14H2,1-2H3/t17-/m0/s1. The summed E-state index contributed by atoms with van der Waals surface area (Å²) < 4.78 is 0. The summed E-state index contributed by atoms with van der Waals surface area (Å²) in [6, 6.07) is 7.60. The average Bonchev–Trinajstić information content (AvgIpc) is 2.77. The van der Waals surface area contributed by atoms with Crippen LogP contribution in [0.3, 0.4) is 0 Å². The van der Waals surface area contributed by atoms with E-state index in [0.29, 0.717) is 12.0 Å². The zero-order valence-corrected chi connectivity index (χ0v) is 14.3. The summed E-state index contributed by atoms with van der Waals surface area (Å²) in [7, 11) is 0. The molecule has 1 aromatic rings. The summed E-state index contributed by atoms with van der Waals surface area (Å²) >= 11 is 0. The topological polar surface area (TPSA) is 60.8 Å². The molecular weight excluding hydrogens is 290 g/mol. The first-order valence-electron chi connectivity index (χ1n) is 8.64. The van der Waals surface area contributed by atoms with E-state index in [1.54, 1.807) is 13.8 Å². The second-order valence-electron chi connectivity index (χ2n) is 7.19. The number of hydrogen-bond donors (Lipinski definition) is 2. The van der Waals surface area contributed by atoms with Crippen LogP contribution in [0.25, 0.3) is 0 Å². The van der Waals surface area contributed by atoms with Crippen molar-refractivity contribution in [2.24, 2.45) is 0 Å². The highest BCUT2D eigenvalue weighted by atomic mass is 16.3. The van der Waals surface area contributed by atoms with Gasteiger partial charge in [-0.15, -0.1) is 0 Å². The molecule has 0 radical (unpaired) electrons. The minimum Gasteiger partial charge on any atom is -0.394 e. The minimum atomic E-state index is -0.672. The average molecular weight is 319 g/mol. The highest BCUT2D eigenvalue weighted by molar-refractivity contribution is 5.94. The molecule has 128 valence electrons. The molecule has 0 aliphatic carbocycles. The van der Waals surface area contributed by atoms with Gasteiger partial charge in [0.2, 0.25) is 0 Å². The lowest BCUT2D eigenvalue weighted by Gasteiger charge is -2.28. The van der Waals surface area contributed by atoms with Crippen LogP contribution in [0, 0.1) is 0 Å². The van der Waals surface area contributed by atoms with Gasteiger partial charge in [-0.2, -0.15) is 0 Å². The van der Waals surface area contributed by atoms with Gasteiger partial charge >= 0.3 is 0 Å². The van der Waals surface area contributed by atoms with Gasteiger partial charge in [0.15, 0.2) is 0 Å². The number of amides is 1. The van der Waals surface area contributed by atoms with Crippen molar-refractivity contribution in [1.82, 2.24) is 4.90 Å². The Kier molecular flexibility index (Phi) is 6.19. The van der Waals surface area contributed by atoms with Gasteiger partial charge in [0.1, 0.15) is 0 Å². The zero-order valence-electron chi connectivity index (χ0n) is 14.3. The van der Waals surface area contributed by atoms with Crippen LogP contribution >= 0.6 is 0 Å². The molecule has 2 rings (SSSR count). The van der Waals surface area contributed by atoms with E-state index in [4.69, 9.17) is 0 Å². The monoisotopic (exact) mass is 319 g/mol. The number of nitrogens with zero attached hydrogens (tertiary/aromatic N) is 1. The molecule has 4 heteroatoms. The number of aliphatic hydroxyl groups is 2. The van der Waals surface area contributed by atoms with Crippen LogP contribution in [-0.2, 0) is 6.42 Å². The van der Waals surface area contributed by atoms with Crippen LogP contribution in [0.5, 0.6) is 0 Å². The largest absolute Gasteiger partial charge is 0.394 e. The van der Waals surface area contributed by atoms with Crippen molar-refractivity contribution in [1.29, 1.82) is 0 Å². The predicted octanol–water partition coefficient (Wildman–Crippen LogP) is 2.77. The lowest BCUT2D eigenvalue weighted by Crippen LogP contribution is -2.42. The summed E-state index contributed by atoms with van der Waals surface area (Å²) in [5.41, 5.74) is 1.13. The van der Waals surface area contributed by atoms with Crippen LogP contribution < -0.4 is 0 Å². The molecule has 0 spiro atoms. The molecule has 1 aliphatic heterocycles. The number of rotatable bonds is 5. The van der Waals surface area contributed by atoms with Gasteiger partial charge in [0.05, 0.1) is 18.2 Å². The highest BCUT2D eigenvalue weighted by Gasteiger charge is 2.25. The van der Waals surface area contributed by atoms with Gasteiger partial charge in [-0.25, -0.2) is 0 Å². The number of carbonyl (C=O) groups is 1. The Morgan fingerprint density at radius 3 is 2.52 bits per heavy atom. The maximum Gasteiger partial charge on any atom is 0.254 e. The molecule has 1 aliphatic rings. The number of aryl methyl sites for hydroxylation is 1. The van der Waals surface area contributed by atoms with Crippen molar-refractivity contribution in [3.8, 4) is 0 Å². The van der Waals surface area contributed by atoms with Gasteiger partial charge in [0.25, 0.3) is 5.91 Å².